The zero-order valence-corrected chi connectivity index (χ0v) is 13.2. The number of carbonyl (C=O) groups is 1. The number of nitrogens with zero attached hydrogens (tertiary/aromatic N) is 6. The van der Waals surface area contributed by atoms with E-state index in [0.29, 0.717) is 13.1 Å². The van der Waals surface area contributed by atoms with Crippen molar-refractivity contribution in [1.29, 1.82) is 0 Å². The van der Waals surface area contributed by atoms with E-state index in [1.54, 1.807) is 10.9 Å². The molecule has 2 aromatic heterocycles. The fraction of sp³-hybridized carbons (Fsp3) is 0.294. The third-order valence-corrected chi connectivity index (χ3v) is 4.31. The van der Waals surface area contributed by atoms with Gasteiger partial charge in [-0.2, -0.15) is 0 Å². The molecule has 1 fully saturated rings. The van der Waals surface area contributed by atoms with Gasteiger partial charge < -0.3 is 9.80 Å². The molecule has 4 rings (SSSR count). The van der Waals surface area contributed by atoms with E-state index in [2.05, 4.69) is 20.2 Å². The maximum absolute atomic E-state index is 12.6. The second kappa shape index (κ2) is 6.27. The smallest absolute Gasteiger partial charge is 0.244 e. The Hall–Kier alpha value is -2.96. The second-order valence-corrected chi connectivity index (χ2v) is 5.79. The number of aromatic nitrogens is 4. The minimum absolute atomic E-state index is 0.0753. The summed E-state index contributed by atoms with van der Waals surface area (Å²) in [4.78, 5) is 21.0. The van der Waals surface area contributed by atoms with Gasteiger partial charge in [-0.05, 0) is 24.3 Å². The number of para-hydroxylation sites is 1. The van der Waals surface area contributed by atoms with Crippen LogP contribution in [-0.2, 0) is 11.3 Å². The molecule has 1 aromatic carbocycles. The van der Waals surface area contributed by atoms with Crippen molar-refractivity contribution in [3.05, 3.63) is 48.7 Å². The van der Waals surface area contributed by atoms with Gasteiger partial charge in [-0.15, -0.1) is 5.10 Å². The lowest BCUT2D eigenvalue weighted by molar-refractivity contribution is -0.132. The van der Waals surface area contributed by atoms with Crippen LogP contribution in [0.5, 0.6) is 0 Å². The number of pyridine rings is 1. The van der Waals surface area contributed by atoms with Crippen LogP contribution in [0.2, 0.25) is 0 Å². The number of amides is 1. The van der Waals surface area contributed by atoms with E-state index in [1.165, 1.54) is 0 Å². The number of hydrogen-bond acceptors (Lipinski definition) is 5. The van der Waals surface area contributed by atoms with E-state index in [9.17, 15) is 4.79 Å². The molecule has 1 aliphatic rings. The van der Waals surface area contributed by atoms with Crippen LogP contribution in [0.3, 0.4) is 0 Å². The lowest BCUT2D eigenvalue weighted by Gasteiger charge is -2.35. The molecule has 1 saturated heterocycles. The molecule has 3 aromatic rings. The number of piperazine rings is 1. The van der Waals surface area contributed by atoms with E-state index in [1.807, 2.05) is 47.4 Å². The molecule has 0 unspecified atom stereocenters. The summed E-state index contributed by atoms with van der Waals surface area (Å²) >= 11 is 0. The third-order valence-electron chi connectivity index (χ3n) is 4.31. The average Bonchev–Trinajstić information content (AvgIpc) is 3.06. The first-order chi connectivity index (χ1) is 11.8. The molecule has 0 bridgehead atoms. The molecule has 122 valence electrons. The fourth-order valence-corrected chi connectivity index (χ4v) is 2.99. The van der Waals surface area contributed by atoms with E-state index in [0.717, 1.165) is 29.9 Å². The Kier molecular flexibility index (Phi) is 3.82. The van der Waals surface area contributed by atoms with Crippen LogP contribution in [0, 0.1) is 0 Å². The van der Waals surface area contributed by atoms with Gasteiger partial charge in [-0.1, -0.05) is 23.4 Å². The molecule has 0 radical (unpaired) electrons. The summed E-state index contributed by atoms with van der Waals surface area (Å²) in [5.41, 5.74) is 1.70. The van der Waals surface area contributed by atoms with Crippen LogP contribution >= 0.6 is 0 Å². The van der Waals surface area contributed by atoms with Crippen molar-refractivity contribution >= 4 is 22.8 Å². The molecule has 1 aliphatic heterocycles. The predicted molar refractivity (Wildman–Crippen MR) is 90.6 cm³/mol. The Bertz CT molecular complexity index is 838. The van der Waals surface area contributed by atoms with Gasteiger partial charge in [0, 0.05) is 32.4 Å². The molecular formula is C17H18N6O. The van der Waals surface area contributed by atoms with E-state index < -0.39 is 0 Å². The number of hydrogen-bond donors (Lipinski definition) is 0. The minimum Gasteiger partial charge on any atom is -0.353 e. The van der Waals surface area contributed by atoms with Crippen LogP contribution in [0.4, 0.5) is 5.82 Å². The summed E-state index contributed by atoms with van der Waals surface area (Å²) in [5.74, 6) is 1.04. The van der Waals surface area contributed by atoms with E-state index >= 15 is 0 Å². The van der Waals surface area contributed by atoms with Gasteiger partial charge in [0.15, 0.2) is 0 Å². The van der Waals surface area contributed by atoms with Crippen LogP contribution in [-0.4, -0.2) is 57.0 Å². The number of rotatable bonds is 3. The van der Waals surface area contributed by atoms with Gasteiger partial charge >= 0.3 is 0 Å². The molecule has 7 nitrogen and oxygen atoms in total. The van der Waals surface area contributed by atoms with Crippen LogP contribution < -0.4 is 4.90 Å². The summed E-state index contributed by atoms with van der Waals surface area (Å²) in [6.45, 7) is 3.20. The molecule has 7 heteroatoms. The average molecular weight is 322 g/mol. The lowest BCUT2D eigenvalue weighted by Crippen LogP contribution is -2.49. The van der Waals surface area contributed by atoms with Gasteiger partial charge in [0.05, 0.1) is 5.52 Å². The topological polar surface area (TPSA) is 67.2 Å². The number of carbonyl (C=O) groups excluding carboxylic acids is 1. The first-order valence-corrected chi connectivity index (χ1v) is 8.03. The molecular weight excluding hydrogens is 304 g/mol. The highest BCUT2D eigenvalue weighted by atomic mass is 16.2. The maximum atomic E-state index is 12.6. The van der Waals surface area contributed by atoms with Crippen molar-refractivity contribution in [3.8, 4) is 0 Å². The maximum Gasteiger partial charge on any atom is 0.244 e. The Morgan fingerprint density at radius 1 is 1.00 bits per heavy atom. The van der Waals surface area contributed by atoms with E-state index in [-0.39, 0.29) is 12.5 Å². The van der Waals surface area contributed by atoms with Crippen LogP contribution in [0.1, 0.15) is 0 Å². The monoisotopic (exact) mass is 322 g/mol. The van der Waals surface area contributed by atoms with Gasteiger partial charge in [-0.25, -0.2) is 9.67 Å². The summed E-state index contributed by atoms with van der Waals surface area (Å²) < 4.78 is 1.67. The predicted octanol–water partition coefficient (Wildman–Crippen LogP) is 1.18. The zero-order valence-electron chi connectivity index (χ0n) is 13.2. The van der Waals surface area contributed by atoms with Crippen molar-refractivity contribution in [2.75, 3.05) is 31.1 Å². The van der Waals surface area contributed by atoms with Crippen LogP contribution in [0.15, 0.2) is 48.7 Å². The minimum atomic E-state index is 0.0753. The van der Waals surface area contributed by atoms with Crippen molar-refractivity contribution in [2.24, 2.45) is 0 Å². The largest absolute Gasteiger partial charge is 0.353 e. The van der Waals surface area contributed by atoms with Crippen LogP contribution in [0.25, 0.3) is 11.0 Å². The summed E-state index contributed by atoms with van der Waals surface area (Å²) in [7, 11) is 0. The Morgan fingerprint density at radius 3 is 2.58 bits per heavy atom. The Labute approximate surface area is 139 Å². The normalized spacial score (nSPS) is 15.0. The Balaban J connectivity index is 1.40. The highest BCUT2D eigenvalue weighted by molar-refractivity contribution is 5.80. The first-order valence-electron chi connectivity index (χ1n) is 8.03. The zero-order chi connectivity index (χ0) is 16.4. The molecule has 0 N–H and O–H groups in total. The van der Waals surface area contributed by atoms with Crippen molar-refractivity contribution in [2.45, 2.75) is 6.54 Å². The summed E-state index contributed by atoms with van der Waals surface area (Å²) in [5, 5.41) is 8.19. The summed E-state index contributed by atoms with van der Waals surface area (Å²) in [6.07, 6.45) is 1.79. The van der Waals surface area contributed by atoms with Gasteiger partial charge in [0.2, 0.25) is 5.91 Å². The number of benzene rings is 1. The molecule has 0 atom stereocenters. The Morgan fingerprint density at radius 2 is 1.79 bits per heavy atom. The second-order valence-electron chi connectivity index (χ2n) is 5.79. The van der Waals surface area contributed by atoms with Gasteiger partial charge in [0.25, 0.3) is 0 Å². The first kappa shape index (κ1) is 14.6. The number of anilines is 1. The lowest BCUT2D eigenvalue weighted by atomic mass is 10.3. The van der Waals surface area contributed by atoms with Crippen molar-refractivity contribution < 1.29 is 4.79 Å². The van der Waals surface area contributed by atoms with Crippen molar-refractivity contribution in [3.63, 3.8) is 0 Å². The standard InChI is InChI=1S/C17H18N6O/c24-17(13-23-15-6-2-1-5-14(15)19-20-23)22-11-9-21(10-12-22)16-7-3-4-8-18-16/h1-8H,9-13H2. The highest BCUT2D eigenvalue weighted by Gasteiger charge is 2.22. The van der Waals surface area contributed by atoms with Gasteiger partial charge in [-0.3, -0.25) is 4.79 Å². The van der Waals surface area contributed by atoms with Gasteiger partial charge in [0.1, 0.15) is 17.9 Å². The molecule has 24 heavy (non-hydrogen) atoms. The molecule has 0 aliphatic carbocycles. The molecule has 1 amide bonds. The molecule has 3 heterocycles. The quantitative estimate of drug-likeness (QED) is 0.724. The van der Waals surface area contributed by atoms with Crippen molar-refractivity contribution in [1.82, 2.24) is 24.9 Å². The number of fused-ring (bicyclic) bond motifs is 1. The highest BCUT2D eigenvalue weighted by Crippen LogP contribution is 2.14. The summed E-state index contributed by atoms with van der Waals surface area (Å²) in [6, 6.07) is 13.6. The SMILES string of the molecule is O=C(Cn1nnc2ccccc21)N1CCN(c2ccccn2)CC1. The molecule has 0 spiro atoms. The fourth-order valence-electron chi connectivity index (χ4n) is 2.99. The van der Waals surface area contributed by atoms with E-state index in [4.69, 9.17) is 0 Å². The third kappa shape index (κ3) is 2.80. The molecule has 0 saturated carbocycles.